The fraction of sp³-hybridized carbons (Fsp3) is 0. The third-order valence-electron chi connectivity index (χ3n) is 10.5. The Kier molecular flexibility index (Phi) is 6.48. The normalized spacial score (nSPS) is 11.8. The van der Waals surface area contributed by atoms with Crippen molar-refractivity contribution in [1.82, 2.24) is 24.5 Å². The number of hydrogen-bond donors (Lipinski definition) is 0. The molecule has 11 rings (SSSR count). The van der Waals surface area contributed by atoms with E-state index in [1.807, 2.05) is 30.6 Å². The van der Waals surface area contributed by atoms with Gasteiger partial charge in [0.1, 0.15) is 5.82 Å². The highest BCUT2D eigenvalue weighted by atomic mass is 15.1. The first-order valence-corrected chi connectivity index (χ1v) is 17.8. The number of para-hydroxylation sites is 2. The van der Waals surface area contributed by atoms with Crippen LogP contribution in [-0.4, -0.2) is 24.5 Å². The lowest BCUT2D eigenvalue weighted by atomic mass is 9.97. The van der Waals surface area contributed by atoms with Crippen LogP contribution in [0.25, 0.3) is 105 Å². The third kappa shape index (κ3) is 4.71. The number of pyridine rings is 4. The summed E-state index contributed by atoms with van der Waals surface area (Å²) in [5, 5.41) is 9.05. The van der Waals surface area contributed by atoms with E-state index in [0.717, 1.165) is 105 Å². The van der Waals surface area contributed by atoms with E-state index in [-0.39, 0.29) is 0 Å². The molecule has 5 nitrogen and oxygen atoms in total. The van der Waals surface area contributed by atoms with Crippen molar-refractivity contribution in [3.05, 3.63) is 176 Å². The maximum Gasteiger partial charge on any atom is 0.137 e. The van der Waals surface area contributed by atoms with Gasteiger partial charge in [0, 0.05) is 61.4 Å². The number of fused-ring (bicyclic) bond motifs is 8. The van der Waals surface area contributed by atoms with Crippen molar-refractivity contribution in [3.8, 4) is 39.6 Å². The predicted molar refractivity (Wildman–Crippen MR) is 218 cm³/mol. The van der Waals surface area contributed by atoms with Crippen molar-refractivity contribution in [3.63, 3.8) is 0 Å². The standard InChI is InChI=1S/C48H29N5/c1-4-12-35-30(9-1)25-26-49-47(35)34-20-24-46(50-29-34)53-45-23-19-33(43-21-17-31-10-2-7-15-41(31)51-43)27-39(45)40-28-38(36-13-5-6-14-37(36)48(40)53)44-22-18-32-11-3-8-16-42(32)52-44/h1-29H. The summed E-state index contributed by atoms with van der Waals surface area (Å²) in [6, 6.07) is 57.4. The van der Waals surface area contributed by atoms with E-state index in [2.05, 4.69) is 150 Å². The first-order chi connectivity index (χ1) is 26.3. The van der Waals surface area contributed by atoms with Gasteiger partial charge in [-0.25, -0.2) is 15.0 Å². The molecule has 0 saturated carbocycles. The van der Waals surface area contributed by atoms with Crippen LogP contribution < -0.4 is 0 Å². The van der Waals surface area contributed by atoms with Crippen LogP contribution in [0.5, 0.6) is 0 Å². The van der Waals surface area contributed by atoms with Gasteiger partial charge in [-0.1, -0.05) is 103 Å². The summed E-state index contributed by atoms with van der Waals surface area (Å²) < 4.78 is 2.31. The summed E-state index contributed by atoms with van der Waals surface area (Å²) in [7, 11) is 0. The molecule has 0 saturated heterocycles. The van der Waals surface area contributed by atoms with Gasteiger partial charge < -0.3 is 0 Å². The van der Waals surface area contributed by atoms with Crippen LogP contribution in [0.3, 0.4) is 0 Å². The van der Waals surface area contributed by atoms with Crippen LogP contribution in [0.4, 0.5) is 0 Å². The quantitative estimate of drug-likeness (QED) is 0.186. The molecule has 0 unspecified atom stereocenters. The molecule has 5 heterocycles. The predicted octanol–water partition coefficient (Wildman–Crippen LogP) is 12.0. The number of rotatable bonds is 4. The molecule has 5 aromatic heterocycles. The molecule has 0 spiro atoms. The Hall–Kier alpha value is -7.24. The van der Waals surface area contributed by atoms with Crippen molar-refractivity contribution >= 4 is 65.2 Å². The van der Waals surface area contributed by atoms with Crippen molar-refractivity contribution in [2.45, 2.75) is 0 Å². The first kappa shape index (κ1) is 29.5. The van der Waals surface area contributed by atoms with Gasteiger partial charge in [0.25, 0.3) is 0 Å². The number of aromatic nitrogens is 5. The molecule has 0 fully saturated rings. The molecular formula is C48H29N5. The second-order valence-corrected chi connectivity index (χ2v) is 13.5. The average molecular weight is 676 g/mol. The van der Waals surface area contributed by atoms with Crippen LogP contribution in [0.1, 0.15) is 0 Å². The van der Waals surface area contributed by atoms with Gasteiger partial charge in [-0.2, -0.15) is 0 Å². The molecular weight excluding hydrogens is 647 g/mol. The second-order valence-electron chi connectivity index (χ2n) is 13.5. The Balaban J connectivity index is 1.18. The number of hydrogen-bond acceptors (Lipinski definition) is 4. The minimum Gasteiger partial charge on any atom is -0.293 e. The molecule has 6 aromatic carbocycles. The summed E-state index contributed by atoms with van der Waals surface area (Å²) in [6.07, 6.45) is 3.82. The molecule has 0 N–H and O–H groups in total. The maximum atomic E-state index is 5.17. The van der Waals surface area contributed by atoms with Gasteiger partial charge >= 0.3 is 0 Å². The molecule has 0 amide bonds. The molecule has 0 bridgehead atoms. The minimum atomic E-state index is 0.840. The summed E-state index contributed by atoms with van der Waals surface area (Å²) in [4.78, 5) is 20.1. The van der Waals surface area contributed by atoms with Gasteiger partial charge in [0.15, 0.2) is 0 Å². The molecule has 0 atom stereocenters. The van der Waals surface area contributed by atoms with Crippen LogP contribution in [0, 0.1) is 0 Å². The lowest BCUT2D eigenvalue weighted by Gasteiger charge is -2.13. The molecule has 0 aliphatic rings. The van der Waals surface area contributed by atoms with E-state index in [1.54, 1.807) is 0 Å². The molecule has 53 heavy (non-hydrogen) atoms. The van der Waals surface area contributed by atoms with E-state index in [9.17, 15) is 0 Å². The first-order valence-electron chi connectivity index (χ1n) is 17.8. The van der Waals surface area contributed by atoms with Crippen molar-refractivity contribution in [1.29, 1.82) is 0 Å². The van der Waals surface area contributed by atoms with E-state index in [1.165, 1.54) is 0 Å². The minimum absolute atomic E-state index is 0.840. The summed E-state index contributed by atoms with van der Waals surface area (Å²) >= 11 is 0. The largest absolute Gasteiger partial charge is 0.293 e. The molecule has 5 heteroatoms. The van der Waals surface area contributed by atoms with Crippen molar-refractivity contribution in [2.24, 2.45) is 0 Å². The lowest BCUT2D eigenvalue weighted by molar-refractivity contribution is 1.08. The van der Waals surface area contributed by atoms with E-state index < -0.39 is 0 Å². The zero-order valence-electron chi connectivity index (χ0n) is 28.5. The van der Waals surface area contributed by atoms with Gasteiger partial charge in [-0.3, -0.25) is 9.55 Å². The SMILES string of the molecule is c1ccc2nc(-c3ccc4c(c3)c3cc(-c5ccc6ccccc6n5)c5ccccc5c3n4-c3ccc(-c4nccc5ccccc45)cn3)ccc2c1. The molecule has 246 valence electrons. The maximum absolute atomic E-state index is 5.17. The Morgan fingerprint density at radius 1 is 0.415 bits per heavy atom. The van der Waals surface area contributed by atoms with E-state index >= 15 is 0 Å². The van der Waals surface area contributed by atoms with Crippen molar-refractivity contribution in [2.75, 3.05) is 0 Å². The van der Waals surface area contributed by atoms with E-state index in [0.29, 0.717) is 0 Å². The van der Waals surface area contributed by atoms with Gasteiger partial charge in [0.05, 0.1) is 39.1 Å². The van der Waals surface area contributed by atoms with Crippen LogP contribution in [0.15, 0.2) is 176 Å². The number of benzene rings is 6. The molecule has 11 aromatic rings. The van der Waals surface area contributed by atoms with Crippen LogP contribution in [0.2, 0.25) is 0 Å². The monoisotopic (exact) mass is 675 g/mol. The van der Waals surface area contributed by atoms with Gasteiger partial charge in [-0.05, 0) is 71.4 Å². The van der Waals surface area contributed by atoms with Crippen molar-refractivity contribution < 1.29 is 0 Å². The molecule has 0 aliphatic heterocycles. The summed E-state index contributed by atoms with van der Waals surface area (Å²) in [5.74, 6) is 0.840. The number of nitrogens with zero attached hydrogens (tertiary/aromatic N) is 5. The summed E-state index contributed by atoms with van der Waals surface area (Å²) in [6.45, 7) is 0. The third-order valence-corrected chi connectivity index (χ3v) is 10.5. The van der Waals surface area contributed by atoms with Crippen LogP contribution in [-0.2, 0) is 0 Å². The highest BCUT2D eigenvalue weighted by molar-refractivity contribution is 6.22. The van der Waals surface area contributed by atoms with Gasteiger partial charge in [-0.15, -0.1) is 0 Å². The zero-order valence-corrected chi connectivity index (χ0v) is 28.5. The Morgan fingerprint density at radius 3 is 1.85 bits per heavy atom. The lowest BCUT2D eigenvalue weighted by Crippen LogP contribution is -1.99. The average Bonchev–Trinajstić information content (AvgIpc) is 3.56. The Morgan fingerprint density at radius 2 is 1.08 bits per heavy atom. The highest BCUT2D eigenvalue weighted by Crippen LogP contribution is 2.42. The molecule has 0 aliphatic carbocycles. The fourth-order valence-electron chi connectivity index (χ4n) is 7.93. The Bertz CT molecular complexity index is 3230. The topological polar surface area (TPSA) is 56.5 Å². The van der Waals surface area contributed by atoms with E-state index in [4.69, 9.17) is 19.9 Å². The zero-order chi connectivity index (χ0) is 34.9. The molecule has 0 radical (unpaired) electrons. The smallest absolute Gasteiger partial charge is 0.137 e. The fourth-order valence-corrected chi connectivity index (χ4v) is 7.93. The second kappa shape index (κ2) is 11.7. The van der Waals surface area contributed by atoms with Crippen LogP contribution >= 0.6 is 0 Å². The highest BCUT2D eigenvalue weighted by Gasteiger charge is 2.20. The summed E-state index contributed by atoms with van der Waals surface area (Å²) in [5.41, 5.74) is 10.1. The van der Waals surface area contributed by atoms with Gasteiger partial charge in [0.2, 0.25) is 0 Å². The Labute approximate surface area is 304 Å².